The minimum absolute atomic E-state index is 0.0888. The van der Waals surface area contributed by atoms with Crippen LogP contribution in [0.2, 0.25) is 0 Å². The number of sulfonamides is 1. The molecule has 33 heavy (non-hydrogen) atoms. The zero-order chi connectivity index (χ0) is 23.5. The average Bonchev–Trinajstić information content (AvgIpc) is 3.38. The number of sulfone groups is 1. The molecule has 1 aliphatic rings. The Balaban J connectivity index is 1.88. The quantitative estimate of drug-likeness (QED) is 0.288. The molecule has 172 valence electrons. The summed E-state index contributed by atoms with van der Waals surface area (Å²) in [6, 6.07) is 7.92. The number of nitrogens with two attached hydrogens (primary N) is 2. The standard InChI is InChI=1S/C18H19N9O4S2/c1-27-7-9(8-27)32(28,29)13-6-5-10(11-3-2-4-12-15(11)22-18(19)21-12)14(16(13)33(20,30)31)17-23-25-26-24-17/h2-6,9H,7-8H2,1H3,(H3,19,21,22)(H2,20,30,31)(H,23,24,25,26). The van der Waals surface area contributed by atoms with Crippen molar-refractivity contribution in [3.05, 3.63) is 30.3 Å². The maximum atomic E-state index is 13.4. The molecular weight excluding hydrogens is 470 g/mol. The number of fused-ring (bicyclic) bond motifs is 1. The van der Waals surface area contributed by atoms with E-state index in [0.717, 1.165) is 0 Å². The number of rotatable bonds is 5. The van der Waals surface area contributed by atoms with Crippen LogP contribution in [-0.2, 0) is 19.9 Å². The lowest BCUT2D eigenvalue weighted by Crippen LogP contribution is -2.52. The Kier molecular flexibility index (Phi) is 4.75. The fourth-order valence-corrected chi connectivity index (χ4v) is 7.48. The number of H-pyrrole nitrogens is 2. The monoisotopic (exact) mass is 489 g/mol. The van der Waals surface area contributed by atoms with Crippen LogP contribution in [0.5, 0.6) is 0 Å². The van der Waals surface area contributed by atoms with Crippen molar-refractivity contribution in [1.82, 2.24) is 35.5 Å². The van der Waals surface area contributed by atoms with E-state index < -0.39 is 34.9 Å². The van der Waals surface area contributed by atoms with Gasteiger partial charge in [0.1, 0.15) is 4.90 Å². The minimum atomic E-state index is -4.55. The van der Waals surface area contributed by atoms with Gasteiger partial charge in [-0.1, -0.05) is 18.2 Å². The lowest BCUT2D eigenvalue weighted by molar-refractivity contribution is 0.231. The van der Waals surface area contributed by atoms with Gasteiger partial charge in [0.2, 0.25) is 15.8 Å². The highest BCUT2D eigenvalue weighted by Gasteiger charge is 2.41. The number of nitrogens with one attached hydrogen (secondary N) is 2. The lowest BCUT2D eigenvalue weighted by Gasteiger charge is -2.35. The Morgan fingerprint density at radius 3 is 2.48 bits per heavy atom. The van der Waals surface area contributed by atoms with E-state index in [1.54, 1.807) is 25.2 Å². The Labute approximate surface area is 188 Å². The number of nitrogens with zero attached hydrogens (tertiary/aromatic N) is 5. The molecule has 0 radical (unpaired) electrons. The maximum absolute atomic E-state index is 13.4. The number of hydrogen-bond acceptors (Lipinski definition) is 10. The molecule has 0 unspecified atom stereocenters. The second kappa shape index (κ2) is 7.31. The number of primary sulfonamides is 1. The molecule has 1 saturated heterocycles. The summed E-state index contributed by atoms with van der Waals surface area (Å²) >= 11 is 0. The van der Waals surface area contributed by atoms with Crippen LogP contribution in [0.25, 0.3) is 33.5 Å². The van der Waals surface area contributed by atoms with E-state index in [1.165, 1.54) is 12.1 Å². The van der Waals surface area contributed by atoms with Crippen molar-refractivity contribution in [2.24, 2.45) is 5.14 Å². The van der Waals surface area contributed by atoms with Gasteiger partial charge in [-0.15, -0.1) is 10.2 Å². The van der Waals surface area contributed by atoms with Gasteiger partial charge in [-0.3, -0.25) is 0 Å². The molecule has 2 aromatic heterocycles. The number of aromatic amines is 2. The van der Waals surface area contributed by atoms with Crippen molar-refractivity contribution < 1.29 is 16.8 Å². The lowest BCUT2D eigenvalue weighted by atomic mass is 9.98. The Hall–Kier alpha value is -3.40. The molecule has 15 heteroatoms. The van der Waals surface area contributed by atoms with Crippen LogP contribution >= 0.6 is 0 Å². The Morgan fingerprint density at radius 1 is 1.09 bits per heavy atom. The molecule has 3 heterocycles. The van der Waals surface area contributed by atoms with Gasteiger partial charge in [0.25, 0.3) is 0 Å². The molecule has 0 amide bonds. The molecule has 0 aliphatic carbocycles. The Morgan fingerprint density at radius 2 is 1.85 bits per heavy atom. The summed E-state index contributed by atoms with van der Waals surface area (Å²) in [4.78, 5) is 8.02. The summed E-state index contributed by atoms with van der Waals surface area (Å²) in [5.74, 6) is 0.0378. The molecule has 0 bridgehead atoms. The van der Waals surface area contributed by atoms with Crippen molar-refractivity contribution in [2.75, 3.05) is 25.9 Å². The molecule has 4 aromatic rings. The first-order valence-electron chi connectivity index (χ1n) is 9.68. The van der Waals surface area contributed by atoms with Crippen LogP contribution in [-0.4, -0.2) is 77.7 Å². The SMILES string of the molecule is CN1CC(S(=O)(=O)c2ccc(-c3cccc4[nH]c(N)nc34)c(-c3nn[nH]n3)c2S(N)(=O)=O)C1. The minimum Gasteiger partial charge on any atom is -0.369 e. The van der Waals surface area contributed by atoms with E-state index in [-0.39, 0.29) is 30.4 Å². The van der Waals surface area contributed by atoms with E-state index in [1.807, 2.05) is 4.90 Å². The molecular formula is C18H19N9O4S2. The van der Waals surface area contributed by atoms with Gasteiger partial charge in [0.05, 0.1) is 26.7 Å². The number of likely N-dealkylation sites (tertiary alicyclic amines) is 1. The van der Waals surface area contributed by atoms with E-state index in [9.17, 15) is 16.8 Å². The Bertz CT molecular complexity index is 1590. The number of benzene rings is 2. The van der Waals surface area contributed by atoms with Crippen molar-refractivity contribution in [3.63, 3.8) is 0 Å². The highest BCUT2D eigenvalue weighted by Crippen LogP contribution is 2.41. The third-order valence-electron chi connectivity index (χ3n) is 5.57. The zero-order valence-electron chi connectivity index (χ0n) is 17.2. The predicted octanol–water partition coefficient (Wildman–Crippen LogP) is -0.273. The van der Waals surface area contributed by atoms with Crippen LogP contribution in [0.15, 0.2) is 40.1 Å². The first-order chi connectivity index (χ1) is 15.6. The number of hydrogen-bond donors (Lipinski definition) is 4. The van der Waals surface area contributed by atoms with E-state index in [4.69, 9.17) is 10.9 Å². The summed E-state index contributed by atoms with van der Waals surface area (Å²) in [5.41, 5.74) is 7.58. The fourth-order valence-electron chi connectivity index (χ4n) is 4.07. The summed E-state index contributed by atoms with van der Waals surface area (Å²) in [6.45, 7) is 0.551. The van der Waals surface area contributed by atoms with Gasteiger partial charge in [0, 0.05) is 18.7 Å². The third-order valence-corrected chi connectivity index (χ3v) is 8.82. The number of imidazole rings is 1. The second-order valence-corrected chi connectivity index (χ2v) is 11.5. The summed E-state index contributed by atoms with van der Waals surface area (Å²) in [7, 11) is -6.80. The van der Waals surface area contributed by atoms with Crippen LogP contribution in [0.1, 0.15) is 0 Å². The molecule has 1 fully saturated rings. The third kappa shape index (κ3) is 3.45. The van der Waals surface area contributed by atoms with Crippen LogP contribution in [0.3, 0.4) is 0 Å². The first kappa shape index (κ1) is 21.4. The maximum Gasteiger partial charge on any atom is 0.240 e. The molecule has 0 atom stereocenters. The fraction of sp³-hybridized carbons (Fsp3) is 0.222. The molecule has 13 nitrogen and oxygen atoms in total. The van der Waals surface area contributed by atoms with Crippen molar-refractivity contribution in [2.45, 2.75) is 15.0 Å². The smallest absolute Gasteiger partial charge is 0.240 e. The number of nitrogen functional groups attached to an aromatic ring is 1. The van der Waals surface area contributed by atoms with Crippen LogP contribution in [0, 0.1) is 0 Å². The average molecular weight is 490 g/mol. The topological polar surface area (TPSA) is 207 Å². The largest absolute Gasteiger partial charge is 0.369 e. The number of anilines is 1. The van der Waals surface area contributed by atoms with Crippen LogP contribution in [0.4, 0.5) is 5.95 Å². The van der Waals surface area contributed by atoms with E-state index in [0.29, 0.717) is 22.2 Å². The van der Waals surface area contributed by atoms with Gasteiger partial charge in [0.15, 0.2) is 15.8 Å². The summed E-state index contributed by atoms with van der Waals surface area (Å²) in [5, 5.41) is 18.5. The molecule has 1 aliphatic heterocycles. The van der Waals surface area contributed by atoms with Gasteiger partial charge in [-0.2, -0.15) is 5.21 Å². The van der Waals surface area contributed by atoms with Crippen LogP contribution < -0.4 is 10.9 Å². The number of tetrazole rings is 1. The highest BCUT2D eigenvalue weighted by atomic mass is 32.2. The highest BCUT2D eigenvalue weighted by molar-refractivity contribution is 7.94. The normalized spacial score (nSPS) is 15.7. The first-order valence-corrected chi connectivity index (χ1v) is 12.8. The predicted molar refractivity (Wildman–Crippen MR) is 119 cm³/mol. The van der Waals surface area contributed by atoms with Gasteiger partial charge >= 0.3 is 0 Å². The van der Waals surface area contributed by atoms with E-state index >= 15 is 0 Å². The van der Waals surface area contributed by atoms with Gasteiger partial charge in [-0.25, -0.2) is 27.0 Å². The molecule has 5 rings (SSSR count). The molecule has 6 N–H and O–H groups in total. The van der Waals surface area contributed by atoms with Crippen molar-refractivity contribution in [3.8, 4) is 22.5 Å². The van der Waals surface area contributed by atoms with Gasteiger partial charge < -0.3 is 15.6 Å². The summed E-state index contributed by atoms with van der Waals surface area (Å²) in [6.07, 6.45) is 0. The summed E-state index contributed by atoms with van der Waals surface area (Å²) < 4.78 is 52.4. The number of para-hydroxylation sites is 1. The van der Waals surface area contributed by atoms with Crippen molar-refractivity contribution >= 4 is 36.8 Å². The van der Waals surface area contributed by atoms with Gasteiger partial charge in [-0.05, 0) is 30.0 Å². The molecule has 0 spiro atoms. The second-order valence-electron chi connectivity index (χ2n) is 7.81. The number of aromatic nitrogens is 6. The van der Waals surface area contributed by atoms with Crippen molar-refractivity contribution in [1.29, 1.82) is 0 Å². The zero-order valence-corrected chi connectivity index (χ0v) is 18.9. The van der Waals surface area contributed by atoms with E-state index in [2.05, 4.69) is 30.6 Å². The molecule has 2 aromatic carbocycles. The molecule has 0 saturated carbocycles.